The first-order valence-electron chi connectivity index (χ1n) is 12.5. The van der Waals surface area contributed by atoms with Crippen LogP contribution in [0, 0.1) is 0 Å². The third-order valence-electron chi connectivity index (χ3n) is 6.09. The van der Waals surface area contributed by atoms with Crippen LogP contribution in [0.1, 0.15) is 46.2 Å². The Kier molecular flexibility index (Phi) is 10.9. The van der Waals surface area contributed by atoms with Crippen molar-refractivity contribution < 1.29 is 0 Å². The topological polar surface area (TPSA) is 0 Å². The van der Waals surface area contributed by atoms with E-state index in [-0.39, 0.29) is 0 Å². The van der Waals surface area contributed by atoms with Gasteiger partial charge in [-0.25, -0.2) is 0 Å². The fraction of sp³-hybridized carbons (Fsp3) is 0.235. The van der Waals surface area contributed by atoms with E-state index in [0.717, 1.165) is 51.4 Å². The molecule has 0 fully saturated rings. The molecule has 174 valence electrons. The van der Waals surface area contributed by atoms with E-state index in [1.807, 2.05) is 12.2 Å². The summed E-state index contributed by atoms with van der Waals surface area (Å²) >= 11 is 0. The first-order chi connectivity index (χ1) is 16.8. The highest BCUT2D eigenvalue weighted by molar-refractivity contribution is 5.28. The second kappa shape index (κ2) is 14.7. The van der Waals surface area contributed by atoms with Gasteiger partial charge in [0.05, 0.1) is 0 Å². The van der Waals surface area contributed by atoms with Crippen LogP contribution in [0.5, 0.6) is 0 Å². The lowest BCUT2D eigenvalue weighted by Crippen LogP contribution is -1.88. The molecule has 0 saturated heterocycles. The number of allylic oxidation sites excluding steroid dienone is 6. The van der Waals surface area contributed by atoms with Gasteiger partial charge in [-0.3, -0.25) is 0 Å². The molecule has 0 heterocycles. The monoisotopic (exact) mass is 446 g/mol. The zero-order valence-electron chi connectivity index (χ0n) is 20.5. The van der Waals surface area contributed by atoms with E-state index in [1.165, 1.54) is 33.4 Å². The lowest BCUT2D eigenvalue weighted by molar-refractivity contribution is 1.00. The molecule has 3 aromatic carbocycles. The molecule has 0 aliphatic rings. The van der Waals surface area contributed by atoms with E-state index in [9.17, 15) is 0 Å². The van der Waals surface area contributed by atoms with Crippen LogP contribution in [-0.4, -0.2) is 0 Å². The van der Waals surface area contributed by atoms with Gasteiger partial charge in [-0.15, -0.1) is 13.2 Å². The summed E-state index contributed by atoms with van der Waals surface area (Å²) in [5.41, 5.74) is 8.22. The standard InChI is InChI=1S/C34H38/c1-3-5-11-29-17-21-31(22-18-29)13-7-9-15-33-25-27-34(28-26-33)16-10-8-14-32-23-19-30(20-24-32)12-6-4-2/h3-4,7-10,17-28H,1-2,5-6,11-16H2/b9-7+,10-8+. The molecule has 0 nitrogen and oxygen atoms in total. The van der Waals surface area contributed by atoms with Gasteiger partial charge < -0.3 is 0 Å². The fourth-order valence-corrected chi connectivity index (χ4v) is 3.91. The molecule has 0 heteroatoms. The minimum atomic E-state index is 0.982. The minimum Gasteiger partial charge on any atom is -0.103 e. The predicted octanol–water partition coefficient (Wildman–Crippen LogP) is 8.61. The summed E-state index contributed by atoms with van der Waals surface area (Å²) in [4.78, 5) is 0. The van der Waals surface area contributed by atoms with E-state index >= 15 is 0 Å². The van der Waals surface area contributed by atoms with E-state index in [1.54, 1.807) is 0 Å². The van der Waals surface area contributed by atoms with E-state index in [2.05, 4.69) is 110 Å². The summed E-state index contributed by atoms with van der Waals surface area (Å²) in [6, 6.07) is 26.9. The molecule has 0 aromatic heterocycles. The summed E-state index contributed by atoms with van der Waals surface area (Å²) in [5.74, 6) is 0. The summed E-state index contributed by atoms with van der Waals surface area (Å²) in [5, 5.41) is 0. The number of hydrogen-bond acceptors (Lipinski definition) is 0. The number of rotatable bonds is 14. The molecule has 0 aliphatic carbocycles. The molecule has 3 rings (SSSR count). The Morgan fingerprint density at radius 1 is 0.382 bits per heavy atom. The normalized spacial score (nSPS) is 11.3. The summed E-state index contributed by atoms with van der Waals surface area (Å²) in [6.07, 6.45) is 21.3. The van der Waals surface area contributed by atoms with E-state index in [0.29, 0.717) is 0 Å². The zero-order valence-corrected chi connectivity index (χ0v) is 20.5. The summed E-state index contributed by atoms with van der Waals surface area (Å²) in [7, 11) is 0. The second-order valence-electron chi connectivity index (χ2n) is 8.86. The van der Waals surface area contributed by atoms with Gasteiger partial charge in [-0.1, -0.05) is 109 Å². The lowest BCUT2D eigenvalue weighted by Gasteiger charge is -2.02. The number of benzene rings is 3. The quantitative estimate of drug-likeness (QED) is 0.217. The van der Waals surface area contributed by atoms with Crippen molar-refractivity contribution >= 4 is 0 Å². The molecule has 0 atom stereocenters. The van der Waals surface area contributed by atoms with Gasteiger partial charge in [0.25, 0.3) is 0 Å². The molecule has 3 aromatic rings. The van der Waals surface area contributed by atoms with Gasteiger partial charge >= 0.3 is 0 Å². The van der Waals surface area contributed by atoms with Crippen molar-refractivity contribution in [1.82, 2.24) is 0 Å². The summed E-state index contributed by atoms with van der Waals surface area (Å²) in [6.45, 7) is 7.59. The van der Waals surface area contributed by atoms with Crippen molar-refractivity contribution in [1.29, 1.82) is 0 Å². The molecule has 34 heavy (non-hydrogen) atoms. The van der Waals surface area contributed by atoms with Crippen molar-refractivity contribution in [3.05, 3.63) is 156 Å². The Bertz CT molecular complexity index is 956. The van der Waals surface area contributed by atoms with Gasteiger partial charge in [-0.05, 0) is 84.7 Å². The summed E-state index contributed by atoms with van der Waals surface area (Å²) < 4.78 is 0. The van der Waals surface area contributed by atoms with Crippen LogP contribution in [0.2, 0.25) is 0 Å². The van der Waals surface area contributed by atoms with Gasteiger partial charge in [0.2, 0.25) is 0 Å². The molecule has 0 radical (unpaired) electrons. The minimum absolute atomic E-state index is 0.982. The van der Waals surface area contributed by atoms with Crippen molar-refractivity contribution in [3.8, 4) is 0 Å². The number of hydrogen-bond donors (Lipinski definition) is 0. The maximum Gasteiger partial charge on any atom is -0.00973 e. The van der Waals surface area contributed by atoms with Crippen LogP contribution in [0.4, 0.5) is 0 Å². The van der Waals surface area contributed by atoms with Crippen molar-refractivity contribution in [2.75, 3.05) is 0 Å². The van der Waals surface area contributed by atoms with Gasteiger partial charge in [0.15, 0.2) is 0 Å². The Morgan fingerprint density at radius 2 is 0.618 bits per heavy atom. The molecule has 0 N–H and O–H groups in total. The molecule has 0 spiro atoms. The van der Waals surface area contributed by atoms with Crippen LogP contribution in [-0.2, 0) is 38.5 Å². The molecular formula is C34H38. The van der Waals surface area contributed by atoms with Gasteiger partial charge in [0.1, 0.15) is 0 Å². The maximum atomic E-state index is 3.79. The van der Waals surface area contributed by atoms with Crippen LogP contribution < -0.4 is 0 Å². The fourth-order valence-electron chi connectivity index (χ4n) is 3.91. The first kappa shape index (κ1) is 25.2. The van der Waals surface area contributed by atoms with Crippen LogP contribution in [0.15, 0.2) is 122 Å². The SMILES string of the molecule is C=CCCc1ccc(C/C=C/Cc2ccc(C/C=C/Cc3ccc(CCC=C)cc3)cc2)cc1. The smallest absolute Gasteiger partial charge is 0.00973 e. The highest BCUT2D eigenvalue weighted by atomic mass is 14.0. The van der Waals surface area contributed by atoms with E-state index < -0.39 is 0 Å². The largest absolute Gasteiger partial charge is 0.103 e. The van der Waals surface area contributed by atoms with E-state index in [4.69, 9.17) is 0 Å². The Balaban J connectivity index is 1.37. The molecular weight excluding hydrogens is 408 g/mol. The lowest BCUT2D eigenvalue weighted by atomic mass is 10.0. The van der Waals surface area contributed by atoms with Crippen LogP contribution >= 0.6 is 0 Å². The average Bonchev–Trinajstić information content (AvgIpc) is 2.89. The first-order valence-corrected chi connectivity index (χ1v) is 12.5. The van der Waals surface area contributed by atoms with Gasteiger partial charge in [0, 0.05) is 0 Å². The highest BCUT2D eigenvalue weighted by Crippen LogP contribution is 2.11. The molecule has 0 bridgehead atoms. The molecule has 0 aliphatic heterocycles. The van der Waals surface area contributed by atoms with Crippen molar-refractivity contribution in [2.24, 2.45) is 0 Å². The third kappa shape index (κ3) is 9.24. The molecule has 0 amide bonds. The Hall–Kier alpha value is -3.38. The van der Waals surface area contributed by atoms with Crippen molar-refractivity contribution in [3.63, 3.8) is 0 Å². The van der Waals surface area contributed by atoms with Gasteiger partial charge in [-0.2, -0.15) is 0 Å². The van der Waals surface area contributed by atoms with Crippen molar-refractivity contribution in [2.45, 2.75) is 51.4 Å². The Morgan fingerprint density at radius 3 is 0.853 bits per heavy atom. The maximum absolute atomic E-state index is 3.79. The predicted molar refractivity (Wildman–Crippen MR) is 149 cm³/mol. The Labute approximate surface area is 207 Å². The second-order valence-corrected chi connectivity index (χ2v) is 8.86. The highest BCUT2D eigenvalue weighted by Gasteiger charge is 1.96. The van der Waals surface area contributed by atoms with Crippen LogP contribution in [0.25, 0.3) is 0 Å². The molecule has 0 saturated carbocycles. The van der Waals surface area contributed by atoms with Crippen LogP contribution in [0.3, 0.4) is 0 Å². The zero-order chi connectivity index (χ0) is 23.8. The number of aryl methyl sites for hydroxylation is 2. The third-order valence-corrected chi connectivity index (χ3v) is 6.09. The molecule has 0 unspecified atom stereocenters. The average molecular weight is 447 g/mol.